The Bertz CT molecular complexity index is 1250. The summed E-state index contributed by atoms with van der Waals surface area (Å²) in [4.78, 5) is 55.3. The maximum Gasteiger partial charge on any atom is 0.253 e. The Morgan fingerprint density at radius 2 is 1.52 bits per heavy atom. The zero-order chi connectivity index (χ0) is 28.1. The smallest absolute Gasteiger partial charge is 0.253 e. The molecule has 0 aromatic heterocycles. The second-order valence-electron chi connectivity index (χ2n) is 11.6. The number of likely N-dealkylation sites (tertiary alicyclic amines) is 1. The Kier molecular flexibility index (Phi) is 8.82. The van der Waals surface area contributed by atoms with Gasteiger partial charge in [-0.15, -0.1) is 0 Å². The summed E-state index contributed by atoms with van der Waals surface area (Å²) in [6.45, 7) is 1.21. The number of nitrogens with zero attached hydrogens (tertiary/aromatic N) is 2. The van der Waals surface area contributed by atoms with E-state index in [4.69, 9.17) is 0 Å². The first kappa shape index (κ1) is 27.9. The van der Waals surface area contributed by atoms with Gasteiger partial charge in [-0.25, -0.2) is 0 Å². The summed E-state index contributed by atoms with van der Waals surface area (Å²) in [6, 6.07) is 14.7. The lowest BCUT2D eigenvalue weighted by Crippen LogP contribution is -2.45. The second kappa shape index (κ2) is 12.7. The number of hydrogen-bond acceptors (Lipinski definition) is 4. The minimum absolute atomic E-state index is 0.0340. The maximum atomic E-state index is 13.1. The fraction of sp³-hybridized carbons (Fsp3) is 0.500. The van der Waals surface area contributed by atoms with E-state index in [1.165, 1.54) is 0 Å². The Labute approximate surface area is 236 Å². The number of hydrogen-bond donors (Lipinski definition) is 2. The molecule has 3 fully saturated rings. The van der Waals surface area contributed by atoms with Crippen LogP contribution in [-0.2, 0) is 20.8 Å². The molecule has 1 unspecified atom stereocenters. The number of carbonyl (C=O) groups is 4. The molecule has 8 nitrogen and oxygen atoms in total. The fourth-order valence-corrected chi connectivity index (χ4v) is 6.09. The number of nitrogens with one attached hydrogen (secondary N) is 2. The van der Waals surface area contributed by atoms with Crippen LogP contribution in [-0.4, -0.2) is 59.6 Å². The molecule has 1 atom stereocenters. The van der Waals surface area contributed by atoms with Gasteiger partial charge in [0.1, 0.15) is 0 Å². The average molecular weight is 545 g/mol. The van der Waals surface area contributed by atoms with Crippen LogP contribution in [0.5, 0.6) is 0 Å². The molecule has 2 aromatic rings. The molecule has 40 heavy (non-hydrogen) atoms. The number of rotatable bonds is 8. The lowest BCUT2D eigenvalue weighted by molar-refractivity contribution is -0.138. The highest BCUT2D eigenvalue weighted by atomic mass is 16.2. The molecule has 8 heteroatoms. The summed E-state index contributed by atoms with van der Waals surface area (Å²) in [6.07, 6.45) is 9.14. The molecule has 1 aliphatic heterocycles. The standard InChI is InChI=1S/C32H40N4O4/c1-35(28-15-6-16-28)31(39)24-11-5-14-27(20-24)33-29(37)19-22-8-4-13-26(18-22)34-30(38)25-12-7-17-36(21-25)32(40)23-9-2-3-10-23/h4-5,8,11,13-14,18,20,23,25,28H,2-3,6-7,9-10,12,15-17,19,21H2,1H3,(H,33,37)(H,34,38). The number of anilines is 2. The summed E-state index contributed by atoms with van der Waals surface area (Å²) in [7, 11) is 1.84. The van der Waals surface area contributed by atoms with E-state index in [-0.39, 0.29) is 41.9 Å². The molecule has 2 N–H and O–H groups in total. The van der Waals surface area contributed by atoms with Gasteiger partial charge in [-0.05, 0) is 80.8 Å². The van der Waals surface area contributed by atoms with Gasteiger partial charge in [0, 0.05) is 49.0 Å². The molecular weight excluding hydrogens is 504 g/mol. The van der Waals surface area contributed by atoms with E-state index in [2.05, 4.69) is 10.6 Å². The minimum Gasteiger partial charge on any atom is -0.342 e. The number of benzene rings is 2. The number of amides is 4. The molecule has 0 spiro atoms. The third-order valence-electron chi connectivity index (χ3n) is 8.70. The molecule has 3 aliphatic rings. The Hall–Kier alpha value is -3.68. The van der Waals surface area contributed by atoms with Gasteiger partial charge in [-0.1, -0.05) is 31.0 Å². The molecule has 5 rings (SSSR count). The number of carbonyl (C=O) groups excluding carboxylic acids is 4. The summed E-state index contributed by atoms with van der Waals surface area (Å²) in [5.41, 5.74) is 2.55. The van der Waals surface area contributed by atoms with Crippen LogP contribution >= 0.6 is 0 Å². The molecule has 4 amide bonds. The van der Waals surface area contributed by atoms with Crippen molar-refractivity contribution in [3.8, 4) is 0 Å². The predicted octanol–water partition coefficient (Wildman–Crippen LogP) is 4.86. The minimum atomic E-state index is -0.232. The first-order valence-corrected chi connectivity index (χ1v) is 14.7. The van der Waals surface area contributed by atoms with Crippen molar-refractivity contribution in [1.29, 1.82) is 0 Å². The van der Waals surface area contributed by atoms with Gasteiger partial charge in [0.15, 0.2) is 0 Å². The summed E-state index contributed by atoms with van der Waals surface area (Å²) in [5, 5.41) is 5.90. The van der Waals surface area contributed by atoms with Crippen molar-refractivity contribution in [1.82, 2.24) is 9.80 Å². The normalized spacial score (nSPS) is 19.5. The van der Waals surface area contributed by atoms with Crippen LogP contribution in [0.3, 0.4) is 0 Å². The largest absolute Gasteiger partial charge is 0.342 e. The van der Waals surface area contributed by atoms with E-state index >= 15 is 0 Å². The zero-order valence-electron chi connectivity index (χ0n) is 23.4. The van der Waals surface area contributed by atoms with E-state index in [1.54, 1.807) is 29.2 Å². The van der Waals surface area contributed by atoms with Gasteiger partial charge in [0.05, 0.1) is 12.3 Å². The molecule has 1 saturated heterocycles. The molecule has 0 bridgehead atoms. The summed E-state index contributed by atoms with van der Waals surface area (Å²) in [5.74, 6) is -0.213. The Morgan fingerprint density at radius 1 is 0.825 bits per heavy atom. The van der Waals surface area contributed by atoms with Crippen molar-refractivity contribution in [3.05, 3.63) is 59.7 Å². The van der Waals surface area contributed by atoms with Crippen LogP contribution in [0.15, 0.2) is 48.5 Å². The highest BCUT2D eigenvalue weighted by molar-refractivity contribution is 5.98. The van der Waals surface area contributed by atoms with Gasteiger partial charge in [0.25, 0.3) is 5.91 Å². The lowest BCUT2D eigenvalue weighted by atomic mass is 9.91. The zero-order valence-corrected chi connectivity index (χ0v) is 23.4. The lowest BCUT2D eigenvalue weighted by Gasteiger charge is -2.34. The number of piperidine rings is 1. The third kappa shape index (κ3) is 6.72. The van der Waals surface area contributed by atoms with E-state index in [0.717, 1.165) is 69.9 Å². The van der Waals surface area contributed by atoms with E-state index < -0.39 is 0 Å². The van der Waals surface area contributed by atoms with E-state index in [9.17, 15) is 19.2 Å². The quantitative estimate of drug-likeness (QED) is 0.496. The van der Waals surface area contributed by atoms with Gasteiger partial charge in [-0.2, -0.15) is 0 Å². The van der Waals surface area contributed by atoms with Crippen molar-refractivity contribution in [3.63, 3.8) is 0 Å². The van der Waals surface area contributed by atoms with E-state index in [0.29, 0.717) is 29.5 Å². The first-order valence-electron chi connectivity index (χ1n) is 14.7. The molecule has 0 radical (unpaired) electrons. The van der Waals surface area contributed by atoms with Crippen molar-refractivity contribution in [2.24, 2.45) is 11.8 Å². The molecule has 1 heterocycles. The highest BCUT2D eigenvalue weighted by Crippen LogP contribution is 2.29. The van der Waals surface area contributed by atoms with Crippen molar-refractivity contribution < 1.29 is 19.2 Å². The first-order chi connectivity index (χ1) is 19.4. The van der Waals surface area contributed by atoms with Crippen LogP contribution in [0, 0.1) is 11.8 Å². The molecule has 2 aromatic carbocycles. The van der Waals surface area contributed by atoms with Crippen molar-refractivity contribution >= 4 is 35.0 Å². The fourth-order valence-electron chi connectivity index (χ4n) is 6.09. The third-order valence-corrected chi connectivity index (χ3v) is 8.70. The Morgan fingerprint density at radius 3 is 2.25 bits per heavy atom. The maximum absolute atomic E-state index is 13.1. The van der Waals surface area contributed by atoms with Gasteiger partial charge < -0.3 is 20.4 Å². The SMILES string of the molecule is CN(C(=O)c1cccc(NC(=O)Cc2cccc(NC(=O)C3CCCN(C(=O)C4CCCC4)C3)c2)c1)C1CCC1. The summed E-state index contributed by atoms with van der Waals surface area (Å²) >= 11 is 0. The molecule has 212 valence electrons. The molecule has 2 aliphatic carbocycles. The van der Waals surface area contributed by atoms with Crippen LogP contribution in [0.1, 0.15) is 73.7 Å². The van der Waals surface area contributed by atoms with E-state index in [1.807, 2.05) is 36.2 Å². The highest BCUT2D eigenvalue weighted by Gasteiger charge is 2.33. The second-order valence-corrected chi connectivity index (χ2v) is 11.6. The topological polar surface area (TPSA) is 98.8 Å². The van der Waals surface area contributed by atoms with Crippen LogP contribution in [0.2, 0.25) is 0 Å². The van der Waals surface area contributed by atoms with Gasteiger partial charge >= 0.3 is 0 Å². The Balaban J connectivity index is 1.14. The predicted molar refractivity (Wildman–Crippen MR) is 155 cm³/mol. The van der Waals surface area contributed by atoms with Crippen LogP contribution in [0.4, 0.5) is 11.4 Å². The monoisotopic (exact) mass is 544 g/mol. The average Bonchev–Trinajstić information content (AvgIpc) is 3.47. The molecule has 2 saturated carbocycles. The van der Waals surface area contributed by atoms with Crippen molar-refractivity contribution in [2.45, 2.75) is 70.3 Å². The van der Waals surface area contributed by atoms with Gasteiger partial charge in [-0.3, -0.25) is 19.2 Å². The summed E-state index contributed by atoms with van der Waals surface area (Å²) < 4.78 is 0. The van der Waals surface area contributed by atoms with Crippen molar-refractivity contribution in [2.75, 3.05) is 30.8 Å². The van der Waals surface area contributed by atoms with Crippen LogP contribution in [0.25, 0.3) is 0 Å². The molecular formula is C32H40N4O4. The van der Waals surface area contributed by atoms with Crippen LogP contribution < -0.4 is 10.6 Å². The van der Waals surface area contributed by atoms with Gasteiger partial charge in [0.2, 0.25) is 17.7 Å².